The summed E-state index contributed by atoms with van der Waals surface area (Å²) >= 11 is 0. The zero-order chi connectivity index (χ0) is 18.9. The maximum Gasteiger partial charge on any atom is 0.286 e. The molecule has 2 rings (SSSR count). The number of para-hydroxylation sites is 1. The normalized spacial score (nSPS) is 10.4. The molecule has 0 aliphatic carbocycles. The lowest BCUT2D eigenvalue weighted by molar-refractivity contribution is -0.116. The van der Waals surface area contributed by atoms with Crippen molar-refractivity contribution in [1.82, 2.24) is 10.6 Å². The summed E-state index contributed by atoms with van der Waals surface area (Å²) in [7, 11) is 0. The Morgan fingerprint density at radius 1 is 1.00 bits per heavy atom. The number of hydrogen-bond donors (Lipinski definition) is 3. The average molecular weight is 357 g/mol. The maximum atomic E-state index is 12.3. The maximum absolute atomic E-state index is 12.3. The van der Waals surface area contributed by atoms with Crippen molar-refractivity contribution in [2.24, 2.45) is 5.92 Å². The lowest BCUT2D eigenvalue weighted by atomic mass is 10.1. The Labute approximate surface area is 152 Å². The highest BCUT2D eigenvalue weighted by Crippen LogP contribution is 2.15. The number of benzene rings is 1. The summed E-state index contributed by atoms with van der Waals surface area (Å²) in [5.74, 6) is -0.387. The molecule has 0 radical (unpaired) electrons. The van der Waals surface area contributed by atoms with Gasteiger partial charge >= 0.3 is 0 Å². The zero-order valence-corrected chi connectivity index (χ0v) is 14.9. The van der Waals surface area contributed by atoms with E-state index < -0.39 is 0 Å². The number of carbonyl (C=O) groups excluding carboxylic acids is 3. The molecule has 0 spiro atoms. The number of amides is 3. The SMILES string of the molecule is CC(C)CNC(=O)c1ccccc1NC(=O)CCNC(=O)c1ccco1. The Hall–Kier alpha value is -3.09. The van der Waals surface area contributed by atoms with E-state index in [1.54, 1.807) is 36.4 Å². The minimum Gasteiger partial charge on any atom is -0.459 e. The first-order valence-corrected chi connectivity index (χ1v) is 8.46. The van der Waals surface area contributed by atoms with Gasteiger partial charge in [-0.25, -0.2) is 0 Å². The van der Waals surface area contributed by atoms with Crippen molar-refractivity contribution >= 4 is 23.4 Å². The van der Waals surface area contributed by atoms with E-state index in [1.807, 2.05) is 13.8 Å². The van der Waals surface area contributed by atoms with Crippen molar-refractivity contribution in [2.75, 3.05) is 18.4 Å². The third-order valence-corrected chi connectivity index (χ3v) is 3.50. The minimum atomic E-state index is -0.378. The first kappa shape index (κ1) is 19.2. The van der Waals surface area contributed by atoms with Gasteiger partial charge in [0.05, 0.1) is 17.5 Å². The Balaban J connectivity index is 1.86. The molecule has 1 aromatic heterocycles. The van der Waals surface area contributed by atoms with Crippen LogP contribution in [-0.2, 0) is 4.79 Å². The van der Waals surface area contributed by atoms with Gasteiger partial charge in [0.2, 0.25) is 5.91 Å². The topological polar surface area (TPSA) is 100 Å². The van der Waals surface area contributed by atoms with Crippen molar-refractivity contribution in [1.29, 1.82) is 0 Å². The Morgan fingerprint density at radius 3 is 2.46 bits per heavy atom. The van der Waals surface area contributed by atoms with Gasteiger partial charge in [-0.2, -0.15) is 0 Å². The van der Waals surface area contributed by atoms with E-state index in [4.69, 9.17) is 4.42 Å². The summed E-state index contributed by atoms with van der Waals surface area (Å²) < 4.78 is 4.97. The lowest BCUT2D eigenvalue weighted by Gasteiger charge is -2.12. The van der Waals surface area contributed by atoms with E-state index in [2.05, 4.69) is 16.0 Å². The van der Waals surface area contributed by atoms with Gasteiger partial charge in [0.25, 0.3) is 11.8 Å². The number of carbonyl (C=O) groups is 3. The number of nitrogens with one attached hydrogen (secondary N) is 3. The van der Waals surface area contributed by atoms with Crippen LogP contribution in [0.1, 0.15) is 41.2 Å². The molecule has 26 heavy (non-hydrogen) atoms. The van der Waals surface area contributed by atoms with E-state index in [1.165, 1.54) is 6.26 Å². The molecular formula is C19H23N3O4. The van der Waals surface area contributed by atoms with Crippen LogP contribution in [0.2, 0.25) is 0 Å². The standard InChI is InChI=1S/C19H23N3O4/c1-13(2)12-21-18(24)14-6-3-4-7-15(14)22-17(23)9-10-20-19(25)16-8-5-11-26-16/h3-8,11,13H,9-10,12H2,1-2H3,(H,20,25)(H,21,24)(H,22,23). The second-order valence-electron chi connectivity index (χ2n) is 6.18. The third-order valence-electron chi connectivity index (χ3n) is 3.50. The summed E-state index contributed by atoms with van der Waals surface area (Å²) in [6.45, 7) is 4.73. The molecule has 1 aromatic carbocycles. The van der Waals surface area contributed by atoms with Crippen molar-refractivity contribution < 1.29 is 18.8 Å². The van der Waals surface area contributed by atoms with Gasteiger partial charge < -0.3 is 20.4 Å². The molecule has 3 N–H and O–H groups in total. The first-order valence-electron chi connectivity index (χ1n) is 8.46. The van der Waals surface area contributed by atoms with Crippen LogP contribution in [0.5, 0.6) is 0 Å². The van der Waals surface area contributed by atoms with Gasteiger partial charge in [-0.05, 0) is 30.2 Å². The third kappa shape index (κ3) is 5.77. The van der Waals surface area contributed by atoms with Crippen LogP contribution in [0.25, 0.3) is 0 Å². The zero-order valence-electron chi connectivity index (χ0n) is 14.9. The molecule has 0 saturated carbocycles. The van der Waals surface area contributed by atoms with Crippen molar-refractivity contribution in [2.45, 2.75) is 20.3 Å². The quantitative estimate of drug-likeness (QED) is 0.675. The second-order valence-corrected chi connectivity index (χ2v) is 6.18. The number of furan rings is 1. The Morgan fingerprint density at radius 2 is 1.77 bits per heavy atom. The fraction of sp³-hybridized carbons (Fsp3) is 0.316. The van der Waals surface area contributed by atoms with Crippen LogP contribution in [0.4, 0.5) is 5.69 Å². The van der Waals surface area contributed by atoms with Gasteiger partial charge in [0, 0.05) is 19.5 Å². The fourth-order valence-corrected chi connectivity index (χ4v) is 2.18. The first-order chi connectivity index (χ1) is 12.5. The summed E-state index contributed by atoms with van der Waals surface area (Å²) in [6, 6.07) is 9.97. The van der Waals surface area contributed by atoms with Crippen molar-refractivity contribution in [3.8, 4) is 0 Å². The Kier molecular flexibility index (Phi) is 6.96. The number of hydrogen-bond acceptors (Lipinski definition) is 4. The molecule has 7 heteroatoms. The second kappa shape index (κ2) is 9.41. The molecule has 0 aliphatic rings. The molecule has 138 valence electrons. The summed E-state index contributed by atoms with van der Waals surface area (Å²) in [5.41, 5.74) is 0.845. The molecule has 0 saturated heterocycles. The van der Waals surface area contributed by atoms with Crippen molar-refractivity contribution in [3.63, 3.8) is 0 Å². The van der Waals surface area contributed by atoms with Gasteiger partial charge in [0.15, 0.2) is 5.76 Å². The van der Waals surface area contributed by atoms with Crippen LogP contribution in [0.15, 0.2) is 47.1 Å². The van der Waals surface area contributed by atoms with Gasteiger partial charge in [-0.3, -0.25) is 14.4 Å². The predicted octanol–water partition coefficient (Wildman–Crippen LogP) is 2.42. The number of rotatable bonds is 8. The molecule has 0 unspecified atom stereocenters. The van der Waals surface area contributed by atoms with E-state index >= 15 is 0 Å². The molecule has 0 fully saturated rings. The Bertz CT molecular complexity index is 754. The summed E-state index contributed by atoms with van der Waals surface area (Å²) in [4.78, 5) is 36.1. The largest absolute Gasteiger partial charge is 0.459 e. The molecule has 2 aromatic rings. The molecule has 0 atom stereocenters. The van der Waals surface area contributed by atoms with Crippen LogP contribution in [-0.4, -0.2) is 30.8 Å². The van der Waals surface area contributed by atoms with Gasteiger partial charge in [0.1, 0.15) is 0 Å². The van der Waals surface area contributed by atoms with E-state index in [0.717, 1.165) is 0 Å². The van der Waals surface area contributed by atoms with Crippen LogP contribution in [0.3, 0.4) is 0 Å². The molecule has 0 bridgehead atoms. The van der Waals surface area contributed by atoms with Crippen LogP contribution < -0.4 is 16.0 Å². The van der Waals surface area contributed by atoms with Crippen LogP contribution >= 0.6 is 0 Å². The van der Waals surface area contributed by atoms with Crippen molar-refractivity contribution in [3.05, 3.63) is 54.0 Å². The predicted molar refractivity (Wildman–Crippen MR) is 97.9 cm³/mol. The van der Waals surface area contributed by atoms with E-state index in [-0.39, 0.29) is 36.4 Å². The summed E-state index contributed by atoms with van der Waals surface area (Å²) in [5, 5.41) is 8.14. The lowest BCUT2D eigenvalue weighted by Crippen LogP contribution is -2.29. The minimum absolute atomic E-state index is 0.0778. The molecule has 0 aliphatic heterocycles. The highest BCUT2D eigenvalue weighted by atomic mass is 16.3. The highest BCUT2D eigenvalue weighted by molar-refractivity contribution is 6.03. The van der Waals surface area contributed by atoms with Crippen LogP contribution in [0, 0.1) is 5.92 Å². The van der Waals surface area contributed by atoms with Gasteiger partial charge in [-0.15, -0.1) is 0 Å². The number of anilines is 1. The monoisotopic (exact) mass is 357 g/mol. The molecule has 7 nitrogen and oxygen atoms in total. The molecule has 1 heterocycles. The smallest absolute Gasteiger partial charge is 0.286 e. The van der Waals surface area contributed by atoms with E-state index in [0.29, 0.717) is 23.7 Å². The average Bonchev–Trinajstić information content (AvgIpc) is 3.14. The molecular weight excluding hydrogens is 334 g/mol. The van der Waals surface area contributed by atoms with Gasteiger partial charge in [-0.1, -0.05) is 26.0 Å². The fourth-order valence-electron chi connectivity index (χ4n) is 2.18. The molecule has 3 amide bonds. The summed E-state index contributed by atoms with van der Waals surface area (Å²) in [6.07, 6.45) is 1.48. The van der Waals surface area contributed by atoms with E-state index in [9.17, 15) is 14.4 Å². The highest BCUT2D eigenvalue weighted by Gasteiger charge is 2.14.